The molecule has 0 aliphatic carbocycles. The van der Waals surface area contributed by atoms with Gasteiger partial charge in [-0.3, -0.25) is 14.5 Å². The quantitative estimate of drug-likeness (QED) is 0.588. The van der Waals surface area contributed by atoms with E-state index in [-0.39, 0.29) is 6.61 Å². The molecule has 0 radical (unpaired) electrons. The lowest BCUT2D eigenvalue weighted by Gasteiger charge is -2.22. The summed E-state index contributed by atoms with van der Waals surface area (Å²) in [5.74, 6) is -0.535. The van der Waals surface area contributed by atoms with Gasteiger partial charge in [0.05, 0.1) is 6.61 Å². The molecule has 7 nitrogen and oxygen atoms in total. The molecule has 1 N–H and O–H groups in total. The highest BCUT2D eigenvalue weighted by atomic mass is 16.5. The van der Waals surface area contributed by atoms with Gasteiger partial charge in [0, 0.05) is 5.56 Å². The lowest BCUT2D eigenvalue weighted by atomic mass is 9.92. The molecule has 1 fully saturated rings. The zero-order valence-electron chi connectivity index (χ0n) is 15.8. The molecule has 2 aromatic rings. The fourth-order valence-electron chi connectivity index (χ4n) is 3.06. The van der Waals surface area contributed by atoms with E-state index < -0.39 is 30.0 Å². The number of rotatable bonds is 7. The van der Waals surface area contributed by atoms with Gasteiger partial charge in [-0.25, -0.2) is 4.79 Å². The molecule has 1 aliphatic rings. The molecule has 0 unspecified atom stereocenters. The van der Waals surface area contributed by atoms with E-state index in [2.05, 4.69) is 5.32 Å². The van der Waals surface area contributed by atoms with Crippen molar-refractivity contribution in [2.45, 2.75) is 26.0 Å². The first-order chi connectivity index (χ1) is 13.5. The van der Waals surface area contributed by atoms with Gasteiger partial charge < -0.3 is 14.8 Å². The van der Waals surface area contributed by atoms with Crippen LogP contribution in [-0.2, 0) is 26.5 Å². The Morgan fingerprint density at radius 1 is 1.07 bits per heavy atom. The zero-order chi connectivity index (χ0) is 20.1. The van der Waals surface area contributed by atoms with Crippen LogP contribution in [0, 0.1) is 0 Å². The van der Waals surface area contributed by atoms with Gasteiger partial charge in [0.15, 0.2) is 0 Å². The van der Waals surface area contributed by atoms with Gasteiger partial charge in [0.2, 0.25) is 0 Å². The van der Waals surface area contributed by atoms with Crippen molar-refractivity contribution in [3.63, 3.8) is 0 Å². The Labute approximate surface area is 163 Å². The van der Waals surface area contributed by atoms with E-state index in [4.69, 9.17) is 9.47 Å². The Bertz CT molecular complexity index is 883. The molecule has 0 spiro atoms. The average molecular weight is 382 g/mol. The maximum absolute atomic E-state index is 12.8. The van der Waals surface area contributed by atoms with E-state index in [1.165, 1.54) is 0 Å². The van der Waals surface area contributed by atoms with Crippen LogP contribution in [0.15, 0.2) is 54.6 Å². The first-order valence-corrected chi connectivity index (χ1v) is 9.01. The van der Waals surface area contributed by atoms with E-state index in [1.54, 1.807) is 43.3 Å². The highest BCUT2D eigenvalue weighted by Gasteiger charge is 2.49. The minimum Gasteiger partial charge on any atom is -0.493 e. The zero-order valence-corrected chi connectivity index (χ0v) is 15.8. The first kappa shape index (κ1) is 19.4. The number of imide groups is 1. The van der Waals surface area contributed by atoms with Crippen molar-refractivity contribution in [2.75, 3.05) is 13.2 Å². The summed E-state index contributed by atoms with van der Waals surface area (Å²) in [7, 11) is 0. The topological polar surface area (TPSA) is 84.9 Å². The first-order valence-electron chi connectivity index (χ1n) is 9.01. The molecule has 7 heteroatoms. The third-order valence-corrected chi connectivity index (χ3v) is 4.57. The molecule has 1 saturated heterocycles. The van der Waals surface area contributed by atoms with E-state index in [0.717, 1.165) is 4.90 Å². The molecule has 1 aliphatic heterocycles. The summed E-state index contributed by atoms with van der Waals surface area (Å²) in [5.41, 5.74) is 0.152. The Morgan fingerprint density at radius 3 is 2.46 bits per heavy atom. The fourth-order valence-corrected chi connectivity index (χ4v) is 3.06. The monoisotopic (exact) mass is 382 g/mol. The molecule has 1 heterocycles. The Kier molecular flexibility index (Phi) is 5.63. The van der Waals surface area contributed by atoms with Crippen LogP contribution in [-0.4, -0.2) is 36.0 Å². The minimum absolute atomic E-state index is 0.00535. The number of carbonyl (C=O) groups is 3. The molecule has 3 rings (SSSR count). The van der Waals surface area contributed by atoms with Crippen molar-refractivity contribution in [3.05, 3.63) is 65.7 Å². The molecular weight excluding hydrogens is 360 g/mol. The van der Waals surface area contributed by atoms with Gasteiger partial charge in [0.1, 0.15) is 24.4 Å². The molecule has 0 saturated carbocycles. The van der Waals surface area contributed by atoms with Crippen LogP contribution in [0.3, 0.4) is 0 Å². The van der Waals surface area contributed by atoms with Crippen molar-refractivity contribution in [1.29, 1.82) is 0 Å². The van der Waals surface area contributed by atoms with Crippen LogP contribution in [0.1, 0.15) is 25.0 Å². The molecule has 2 aromatic carbocycles. The molecule has 3 amide bonds. The Balaban J connectivity index is 1.65. The summed E-state index contributed by atoms with van der Waals surface area (Å²) in [6.45, 7) is 3.51. The van der Waals surface area contributed by atoms with Gasteiger partial charge in [0.25, 0.3) is 5.91 Å². The number of nitrogens with one attached hydrogen (secondary N) is 1. The number of esters is 1. The second kappa shape index (κ2) is 8.12. The molecule has 0 aromatic heterocycles. The summed E-state index contributed by atoms with van der Waals surface area (Å²) >= 11 is 0. The van der Waals surface area contributed by atoms with E-state index in [0.29, 0.717) is 23.5 Å². The molecular formula is C21H22N2O5. The third-order valence-electron chi connectivity index (χ3n) is 4.57. The Morgan fingerprint density at radius 2 is 1.75 bits per heavy atom. The number of benzene rings is 2. The highest BCUT2D eigenvalue weighted by molar-refractivity contribution is 6.08. The highest BCUT2D eigenvalue weighted by Crippen LogP contribution is 2.28. The van der Waals surface area contributed by atoms with Crippen LogP contribution in [0.25, 0.3) is 0 Å². The summed E-state index contributed by atoms with van der Waals surface area (Å²) in [6.07, 6.45) is 0. The van der Waals surface area contributed by atoms with E-state index in [1.807, 2.05) is 25.1 Å². The van der Waals surface area contributed by atoms with Crippen molar-refractivity contribution in [1.82, 2.24) is 10.2 Å². The fraction of sp³-hybridized carbons (Fsp3) is 0.286. The van der Waals surface area contributed by atoms with Gasteiger partial charge in [-0.05, 0) is 25.5 Å². The number of para-hydroxylation sites is 1. The largest absolute Gasteiger partial charge is 0.493 e. The van der Waals surface area contributed by atoms with Gasteiger partial charge in [-0.1, -0.05) is 48.5 Å². The third kappa shape index (κ3) is 3.83. The van der Waals surface area contributed by atoms with Gasteiger partial charge in [-0.2, -0.15) is 0 Å². The van der Waals surface area contributed by atoms with Crippen molar-refractivity contribution in [2.24, 2.45) is 0 Å². The minimum atomic E-state index is -1.21. The van der Waals surface area contributed by atoms with Crippen molar-refractivity contribution < 1.29 is 23.9 Å². The van der Waals surface area contributed by atoms with Crippen LogP contribution in [0.2, 0.25) is 0 Å². The normalized spacial score (nSPS) is 18.7. The predicted octanol–water partition coefficient (Wildman–Crippen LogP) is 2.60. The van der Waals surface area contributed by atoms with Crippen LogP contribution in [0.5, 0.6) is 5.75 Å². The second-order valence-corrected chi connectivity index (χ2v) is 6.51. The number of hydrogen-bond acceptors (Lipinski definition) is 5. The summed E-state index contributed by atoms with van der Waals surface area (Å²) in [5, 5.41) is 2.66. The molecule has 0 bridgehead atoms. The number of nitrogens with zero attached hydrogens (tertiary/aromatic N) is 1. The maximum Gasteiger partial charge on any atom is 0.326 e. The summed E-state index contributed by atoms with van der Waals surface area (Å²) < 4.78 is 10.7. The second-order valence-electron chi connectivity index (χ2n) is 6.51. The number of urea groups is 1. The van der Waals surface area contributed by atoms with E-state index >= 15 is 0 Å². The average Bonchev–Trinajstić information content (AvgIpc) is 2.92. The van der Waals surface area contributed by atoms with Crippen LogP contribution < -0.4 is 10.1 Å². The smallest absolute Gasteiger partial charge is 0.326 e. The number of ether oxygens (including phenoxy) is 2. The van der Waals surface area contributed by atoms with Gasteiger partial charge >= 0.3 is 12.0 Å². The van der Waals surface area contributed by atoms with E-state index in [9.17, 15) is 14.4 Å². The standard InChI is InChI=1S/C21H22N2O5/c1-3-27-17-12-8-7-9-15(17)14-28-18(24)13-23-19(25)21(2,22-20(23)26)16-10-5-4-6-11-16/h4-12H,3,13-14H2,1-2H3,(H,22,26)/t21-/m0/s1. The number of hydrogen-bond donors (Lipinski definition) is 1. The maximum atomic E-state index is 12.8. The molecule has 1 atom stereocenters. The molecule has 146 valence electrons. The summed E-state index contributed by atoms with van der Waals surface area (Å²) in [6, 6.07) is 15.5. The van der Waals surface area contributed by atoms with Crippen molar-refractivity contribution in [3.8, 4) is 5.75 Å². The molecule has 28 heavy (non-hydrogen) atoms. The SMILES string of the molecule is CCOc1ccccc1COC(=O)CN1C(=O)N[C@@](C)(c2ccccc2)C1=O. The van der Waals surface area contributed by atoms with Gasteiger partial charge in [-0.15, -0.1) is 0 Å². The lowest BCUT2D eigenvalue weighted by Crippen LogP contribution is -2.41. The predicted molar refractivity (Wildman–Crippen MR) is 101 cm³/mol. The van der Waals surface area contributed by atoms with Crippen molar-refractivity contribution >= 4 is 17.9 Å². The van der Waals surface area contributed by atoms with Crippen LogP contribution in [0.4, 0.5) is 4.79 Å². The Hall–Kier alpha value is -3.35. The summed E-state index contributed by atoms with van der Waals surface area (Å²) in [4.78, 5) is 38.2. The van der Waals surface area contributed by atoms with Crippen LogP contribution >= 0.6 is 0 Å². The number of carbonyl (C=O) groups excluding carboxylic acids is 3. The lowest BCUT2D eigenvalue weighted by molar-refractivity contribution is -0.148. The number of amides is 3.